The molecule has 0 radical (unpaired) electrons. The van der Waals surface area contributed by atoms with Crippen LogP contribution >= 0.6 is 0 Å². The first-order chi connectivity index (χ1) is 8.03. The topological polar surface area (TPSA) is 58.2 Å². The van der Waals surface area contributed by atoms with Crippen LogP contribution in [0.25, 0.3) is 0 Å². The van der Waals surface area contributed by atoms with Gasteiger partial charge in [0, 0.05) is 11.7 Å². The Morgan fingerprint density at radius 1 is 1.29 bits per heavy atom. The molecule has 94 valence electrons. The van der Waals surface area contributed by atoms with Crippen LogP contribution in [0.4, 0.5) is 5.69 Å². The maximum Gasteiger partial charge on any atom is 0.240 e. The molecular formula is C12H18N2O2S. The van der Waals surface area contributed by atoms with E-state index in [4.69, 9.17) is 0 Å². The molecule has 0 amide bonds. The van der Waals surface area contributed by atoms with Gasteiger partial charge in [0.15, 0.2) is 0 Å². The molecular weight excluding hydrogens is 236 g/mol. The lowest BCUT2D eigenvalue weighted by atomic mass is 9.93. The monoisotopic (exact) mass is 254 g/mol. The summed E-state index contributed by atoms with van der Waals surface area (Å²) in [5.74, 6) is 0. The van der Waals surface area contributed by atoms with E-state index in [2.05, 4.69) is 10.0 Å². The lowest BCUT2D eigenvalue weighted by molar-refractivity contribution is 0.445. The largest absolute Gasteiger partial charge is 0.382 e. The zero-order valence-electron chi connectivity index (χ0n) is 10.2. The summed E-state index contributed by atoms with van der Waals surface area (Å²) in [6.45, 7) is 1.98. The second-order valence-corrected chi connectivity index (χ2v) is 6.34. The van der Waals surface area contributed by atoms with Gasteiger partial charge in [-0.25, -0.2) is 13.1 Å². The van der Waals surface area contributed by atoms with Gasteiger partial charge in [-0.2, -0.15) is 0 Å². The van der Waals surface area contributed by atoms with E-state index in [0.29, 0.717) is 10.9 Å². The van der Waals surface area contributed by atoms with E-state index in [0.717, 1.165) is 11.3 Å². The average Bonchev–Trinajstić information content (AvgIpc) is 2.25. The van der Waals surface area contributed by atoms with Crippen LogP contribution in [0.15, 0.2) is 23.1 Å². The van der Waals surface area contributed by atoms with Crippen molar-refractivity contribution < 1.29 is 8.42 Å². The van der Waals surface area contributed by atoms with Crippen molar-refractivity contribution in [1.82, 2.24) is 4.72 Å². The molecule has 1 aliphatic rings. The van der Waals surface area contributed by atoms with Crippen LogP contribution in [0.2, 0.25) is 0 Å². The summed E-state index contributed by atoms with van der Waals surface area (Å²) in [5, 5.41) is 3.39. The molecule has 0 spiro atoms. The number of hydrogen-bond acceptors (Lipinski definition) is 3. The molecule has 0 aromatic heterocycles. The Bertz CT molecular complexity index is 507. The predicted octanol–water partition coefficient (Wildman–Crippen LogP) is 1.87. The number of benzene rings is 1. The highest BCUT2D eigenvalue weighted by atomic mass is 32.2. The van der Waals surface area contributed by atoms with Gasteiger partial charge in [-0.05, 0) is 50.9 Å². The van der Waals surface area contributed by atoms with Crippen molar-refractivity contribution in [2.45, 2.75) is 37.1 Å². The van der Waals surface area contributed by atoms with Gasteiger partial charge < -0.3 is 5.32 Å². The Hall–Kier alpha value is -1.07. The summed E-state index contributed by atoms with van der Waals surface area (Å²) in [7, 11) is -1.93. The molecule has 1 aromatic carbocycles. The molecule has 0 bridgehead atoms. The molecule has 0 heterocycles. The van der Waals surface area contributed by atoms with Gasteiger partial charge in [0.2, 0.25) is 10.0 Å². The van der Waals surface area contributed by atoms with Gasteiger partial charge in [0.05, 0.1) is 4.90 Å². The standard InChI is InChI=1S/C12H18N2O2S/c1-9-6-7-11(17(15,16)13-2)8-12(9)14-10-4-3-5-10/h6-8,10,13-14H,3-5H2,1-2H3. The fourth-order valence-electron chi connectivity index (χ4n) is 1.81. The van der Waals surface area contributed by atoms with Gasteiger partial charge in [-0.3, -0.25) is 0 Å². The highest BCUT2D eigenvalue weighted by Crippen LogP contribution is 2.26. The number of rotatable bonds is 4. The summed E-state index contributed by atoms with van der Waals surface area (Å²) in [5.41, 5.74) is 2.00. The fraction of sp³-hybridized carbons (Fsp3) is 0.500. The first-order valence-corrected chi connectivity index (χ1v) is 7.32. The van der Waals surface area contributed by atoms with Crippen LogP contribution in [0.1, 0.15) is 24.8 Å². The summed E-state index contributed by atoms with van der Waals surface area (Å²) in [4.78, 5) is 0.312. The van der Waals surface area contributed by atoms with Crippen LogP contribution in [0.5, 0.6) is 0 Å². The highest BCUT2D eigenvalue weighted by molar-refractivity contribution is 7.89. The first-order valence-electron chi connectivity index (χ1n) is 5.83. The third-order valence-electron chi connectivity index (χ3n) is 3.25. The molecule has 0 atom stereocenters. The minimum Gasteiger partial charge on any atom is -0.382 e. The van der Waals surface area contributed by atoms with Gasteiger partial charge in [0.25, 0.3) is 0 Å². The van der Waals surface area contributed by atoms with Crippen molar-refractivity contribution in [2.75, 3.05) is 12.4 Å². The van der Waals surface area contributed by atoms with E-state index in [9.17, 15) is 8.42 Å². The lowest BCUT2D eigenvalue weighted by Gasteiger charge is -2.28. The minimum absolute atomic E-state index is 0.312. The number of aryl methyl sites for hydroxylation is 1. The number of sulfonamides is 1. The summed E-state index contributed by atoms with van der Waals surface area (Å²) >= 11 is 0. The summed E-state index contributed by atoms with van der Waals surface area (Å²) in [6.07, 6.45) is 3.59. The molecule has 1 aliphatic carbocycles. The Kier molecular flexibility index (Phi) is 3.40. The molecule has 0 unspecified atom stereocenters. The second-order valence-electron chi connectivity index (χ2n) is 4.46. The maximum absolute atomic E-state index is 11.7. The molecule has 1 aromatic rings. The molecule has 0 saturated heterocycles. The van der Waals surface area contributed by atoms with Crippen LogP contribution in [-0.2, 0) is 10.0 Å². The lowest BCUT2D eigenvalue weighted by Crippen LogP contribution is -2.27. The van der Waals surface area contributed by atoms with E-state index < -0.39 is 10.0 Å². The van der Waals surface area contributed by atoms with Gasteiger partial charge in [-0.15, -0.1) is 0 Å². The van der Waals surface area contributed by atoms with Crippen molar-refractivity contribution in [3.63, 3.8) is 0 Å². The highest BCUT2D eigenvalue weighted by Gasteiger charge is 2.19. The van der Waals surface area contributed by atoms with Crippen molar-refractivity contribution in [2.24, 2.45) is 0 Å². The third-order valence-corrected chi connectivity index (χ3v) is 4.66. The maximum atomic E-state index is 11.7. The van der Waals surface area contributed by atoms with Crippen LogP contribution in [0.3, 0.4) is 0 Å². The second kappa shape index (κ2) is 4.66. The number of nitrogens with one attached hydrogen (secondary N) is 2. The molecule has 2 N–H and O–H groups in total. The van der Waals surface area contributed by atoms with E-state index in [1.165, 1.54) is 26.3 Å². The third kappa shape index (κ3) is 2.61. The summed E-state index contributed by atoms with van der Waals surface area (Å²) in [6, 6.07) is 5.68. The molecule has 0 aliphatic heterocycles. The Morgan fingerprint density at radius 2 is 2.00 bits per heavy atom. The SMILES string of the molecule is CNS(=O)(=O)c1ccc(C)c(NC2CCC2)c1. The average molecular weight is 254 g/mol. The molecule has 17 heavy (non-hydrogen) atoms. The van der Waals surface area contributed by atoms with Gasteiger partial charge >= 0.3 is 0 Å². The van der Waals surface area contributed by atoms with E-state index in [1.54, 1.807) is 12.1 Å². The summed E-state index contributed by atoms with van der Waals surface area (Å²) < 4.78 is 25.7. The zero-order chi connectivity index (χ0) is 12.5. The Labute approximate surface area is 102 Å². The van der Waals surface area contributed by atoms with Crippen molar-refractivity contribution in [3.8, 4) is 0 Å². The van der Waals surface area contributed by atoms with Crippen LogP contribution in [-0.4, -0.2) is 21.5 Å². The van der Waals surface area contributed by atoms with Crippen molar-refractivity contribution in [3.05, 3.63) is 23.8 Å². The first kappa shape index (κ1) is 12.4. The van der Waals surface area contributed by atoms with Gasteiger partial charge in [-0.1, -0.05) is 6.07 Å². The van der Waals surface area contributed by atoms with E-state index >= 15 is 0 Å². The molecule has 4 nitrogen and oxygen atoms in total. The number of anilines is 1. The molecule has 2 rings (SSSR count). The molecule has 1 fully saturated rings. The Morgan fingerprint density at radius 3 is 2.53 bits per heavy atom. The minimum atomic E-state index is -3.35. The van der Waals surface area contributed by atoms with E-state index in [-0.39, 0.29) is 0 Å². The molecule has 1 saturated carbocycles. The molecule has 5 heteroatoms. The quantitative estimate of drug-likeness (QED) is 0.862. The fourth-order valence-corrected chi connectivity index (χ4v) is 2.57. The Balaban J connectivity index is 2.28. The van der Waals surface area contributed by atoms with Crippen LogP contribution in [0, 0.1) is 6.92 Å². The smallest absolute Gasteiger partial charge is 0.240 e. The van der Waals surface area contributed by atoms with Crippen LogP contribution < -0.4 is 10.0 Å². The zero-order valence-corrected chi connectivity index (χ0v) is 11.0. The van der Waals surface area contributed by atoms with Gasteiger partial charge in [0.1, 0.15) is 0 Å². The normalized spacial score (nSPS) is 16.6. The van der Waals surface area contributed by atoms with Crippen molar-refractivity contribution in [1.29, 1.82) is 0 Å². The van der Waals surface area contributed by atoms with Crippen molar-refractivity contribution >= 4 is 15.7 Å². The van der Waals surface area contributed by atoms with E-state index in [1.807, 2.05) is 13.0 Å². The number of hydrogen-bond donors (Lipinski definition) is 2. The predicted molar refractivity (Wildman–Crippen MR) is 68.7 cm³/mol.